The first-order valence-corrected chi connectivity index (χ1v) is 9.69. The van der Waals surface area contributed by atoms with E-state index in [2.05, 4.69) is 36.1 Å². The highest BCUT2D eigenvalue weighted by Crippen LogP contribution is 2.27. The Kier molecular flexibility index (Phi) is 4.81. The zero-order valence-electron chi connectivity index (χ0n) is 15.9. The van der Waals surface area contributed by atoms with Gasteiger partial charge in [-0.3, -0.25) is 14.4 Å². The first-order valence-electron chi connectivity index (χ1n) is 9.69. The lowest BCUT2D eigenvalue weighted by Crippen LogP contribution is -2.30. The lowest BCUT2D eigenvalue weighted by molar-refractivity contribution is -0.131. The molecule has 4 rings (SSSR count). The highest BCUT2D eigenvalue weighted by molar-refractivity contribution is 5.79. The van der Waals surface area contributed by atoms with E-state index >= 15 is 0 Å². The van der Waals surface area contributed by atoms with Crippen LogP contribution < -0.4 is 0 Å². The van der Waals surface area contributed by atoms with Crippen LogP contribution in [0.5, 0.6) is 0 Å². The summed E-state index contributed by atoms with van der Waals surface area (Å²) in [6.45, 7) is 6.71. The predicted molar refractivity (Wildman–Crippen MR) is 101 cm³/mol. The standard InChI is InChI=1S/C21H28N4O/c1-16-6-8-17(9-7-16)12-21(26)25-13-18-19(22-23(2)20(18)15-25)14-24-10-4-3-5-11-24/h6-9H,3-5,10-15H2,1-2H3. The molecular formula is C21H28N4O. The molecule has 2 aliphatic rings. The fourth-order valence-corrected chi connectivity index (χ4v) is 4.10. The Bertz CT molecular complexity index is 787. The van der Waals surface area contributed by atoms with Crippen LogP contribution in [0.4, 0.5) is 0 Å². The Labute approximate surface area is 155 Å². The molecule has 1 amide bonds. The summed E-state index contributed by atoms with van der Waals surface area (Å²) >= 11 is 0. The van der Waals surface area contributed by atoms with Crippen LogP contribution in [-0.4, -0.2) is 38.6 Å². The third-order valence-corrected chi connectivity index (χ3v) is 5.70. The van der Waals surface area contributed by atoms with E-state index in [1.54, 1.807) is 0 Å². The number of likely N-dealkylation sites (tertiary alicyclic amines) is 1. The van der Waals surface area contributed by atoms with Crippen molar-refractivity contribution in [2.24, 2.45) is 7.05 Å². The molecule has 0 saturated carbocycles. The summed E-state index contributed by atoms with van der Waals surface area (Å²) in [5.74, 6) is 0.203. The van der Waals surface area contributed by atoms with E-state index in [0.29, 0.717) is 19.5 Å². The Hall–Kier alpha value is -2.14. The minimum Gasteiger partial charge on any atom is -0.332 e. The molecule has 2 aliphatic heterocycles. The largest absolute Gasteiger partial charge is 0.332 e. The number of hydrogen-bond acceptors (Lipinski definition) is 3. The van der Waals surface area contributed by atoms with Crippen LogP contribution in [-0.2, 0) is 37.9 Å². The van der Waals surface area contributed by atoms with Gasteiger partial charge in [0, 0.05) is 25.7 Å². The third-order valence-electron chi connectivity index (χ3n) is 5.70. The molecule has 0 aliphatic carbocycles. The average Bonchev–Trinajstić information content (AvgIpc) is 3.20. The van der Waals surface area contributed by atoms with Crippen molar-refractivity contribution >= 4 is 5.91 Å². The number of aromatic nitrogens is 2. The second-order valence-electron chi connectivity index (χ2n) is 7.74. The van der Waals surface area contributed by atoms with Crippen molar-refractivity contribution in [1.29, 1.82) is 0 Å². The highest BCUT2D eigenvalue weighted by atomic mass is 16.2. The van der Waals surface area contributed by atoms with Crippen molar-refractivity contribution < 1.29 is 4.79 Å². The number of nitrogens with zero attached hydrogens (tertiary/aromatic N) is 4. The number of aryl methyl sites for hydroxylation is 2. The van der Waals surface area contributed by atoms with E-state index in [1.165, 1.54) is 49.2 Å². The SMILES string of the molecule is Cc1ccc(CC(=O)N2Cc3c(CN4CCCCC4)nn(C)c3C2)cc1. The van der Waals surface area contributed by atoms with Crippen molar-refractivity contribution in [3.63, 3.8) is 0 Å². The maximum Gasteiger partial charge on any atom is 0.227 e. The van der Waals surface area contributed by atoms with E-state index in [9.17, 15) is 4.79 Å². The van der Waals surface area contributed by atoms with Gasteiger partial charge in [-0.05, 0) is 38.4 Å². The minimum absolute atomic E-state index is 0.203. The summed E-state index contributed by atoms with van der Waals surface area (Å²) in [4.78, 5) is 17.2. The molecule has 1 saturated heterocycles. The van der Waals surface area contributed by atoms with Gasteiger partial charge in [0.05, 0.1) is 24.4 Å². The van der Waals surface area contributed by atoms with Gasteiger partial charge in [0.2, 0.25) is 5.91 Å². The molecule has 5 nitrogen and oxygen atoms in total. The Morgan fingerprint density at radius 1 is 1.08 bits per heavy atom. The van der Waals surface area contributed by atoms with Gasteiger partial charge in [-0.2, -0.15) is 5.10 Å². The number of carbonyl (C=O) groups is 1. The zero-order valence-corrected chi connectivity index (χ0v) is 15.9. The van der Waals surface area contributed by atoms with Crippen LogP contribution >= 0.6 is 0 Å². The van der Waals surface area contributed by atoms with Crippen LogP contribution in [0.1, 0.15) is 47.3 Å². The number of benzene rings is 1. The number of fused-ring (bicyclic) bond motifs is 1. The van der Waals surface area contributed by atoms with Gasteiger partial charge in [-0.25, -0.2) is 0 Å². The topological polar surface area (TPSA) is 41.4 Å². The first-order chi connectivity index (χ1) is 12.6. The van der Waals surface area contributed by atoms with Gasteiger partial charge >= 0.3 is 0 Å². The second-order valence-corrected chi connectivity index (χ2v) is 7.74. The van der Waals surface area contributed by atoms with Crippen molar-refractivity contribution in [2.45, 2.75) is 52.2 Å². The minimum atomic E-state index is 0.203. The smallest absolute Gasteiger partial charge is 0.227 e. The van der Waals surface area contributed by atoms with Crippen LogP contribution in [0.25, 0.3) is 0 Å². The summed E-state index contributed by atoms with van der Waals surface area (Å²) in [6.07, 6.45) is 4.40. The van der Waals surface area contributed by atoms with Crippen LogP contribution in [0, 0.1) is 6.92 Å². The van der Waals surface area contributed by atoms with Gasteiger partial charge < -0.3 is 4.90 Å². The van der Waals surface area contributed by atoms with Gasteiger partial charge in [-0.1, -0.05) is 36.2 Å². The van der Waals surface area contributed by atoms with Crippen molar-refractivity contribution in [3.05, 3.63) is 52.3 Å². The Balaban J connectivity index is 1.43. The number of amides is 1. The number of piperidine rings is 1. The fraction of sp³-hybridized carbons (Fsp3) is 0.524. The van der Waals surface area contributed by atoms with E-state index in [4.69, 9.17) is 5.10 Å². The third kappa shape index (κ3) is 3.54. The molecule has 0 atom stereocenters. The average molecular weight is 352 g/mol. The van der Waals surface area contributed by atoms with Gasteiger partial charge in [0.15, 0.2) is 0 Å². The molecule has 0 unspecified atom stereocenters. The van der Waals surface area contributed by atoms with E-state index in [1.807, 2.05) is 16.6 Å². The monoisotopic (exact) mass is 352 g/mol. The van der Waals surface area contributed by atoms with Gasteiger partial charge in [-0.15, -0.1) is 0 Å². The quantitative estimate of drug-likeness (QED) is 0.850. The molecule has 0 bridgehead atoms. The molecule has 1 fully saturated rings. The lowest BCUT2D eigenvalue weighted by atomic mass is 10.1. The second kappa shape index (κ2) is 7.23. The van der Waals surface area contributed by atoms with Crippen LogP contribution in [0.15, 0.2) is 24.3 Å². The molecule has 0 N–H and O–H groups in total. The van der Waals surface area contributed by atoms with Gasteiger partial charge in [0.25, 0.3) is 0 Å². The molecule has 1 aromatic carbocycles. The van der Waals surface area contributed by atoms with Crippen molar-refractivity contribution in [2.75, 3.05) is 13.1 Å². The summed E-state index contributed by atoms with van der Waals surface area (Å²) in [6, 6.07) is 8.25. The molecule has 0 radical (unpaired) electrons. The molecule has 138 valence electrons. The van der Waals surface area contributed by atoms with Crippen LogP contribution in [0.3, 0.4) is 0 Å². The zero-order chi connectivity index (χ0) is 18.1. The normalized spacial score (nSPS) is 17.5. The van der Waals surface area contributed by atoms with E-state index < -0.39 is 0 Å². The predicted octanol–water partition coefficient (Wildman–Crippen LogP) is 2.80. The maximum atomic E-state index is 12.8. The molecular weight excluding hydrogens is 324 g/mol. The summed E-state index contributed by atoms with van der Waals surface area (Å²) in [7, 11) is 2.01. The van der Waals surface area contributed by atoms with Crippen molar-refractivity contribution in [3.8, 4) is 0 Å². The Morgan fingerprint density at radius 3 is 2.54 bits per heavy atom. The molecule has 5 heteroatoms. The summed E-state index contributed by atoms with van der Waals surface area (Å²) in [5, 5.41) is 4.75. The molecule has 0 spiro atoms. The molecule has 2 aromatic rings. The number of hydrogen-bond donors (Lipinski definition) is 0. The van der Waals surface area contributed by atoms with Gasteiger partial charge in [0.1, 0.15) is 0 Å². The fourth-order valence-electron chi connectivity index (χ4n) is 4.10. The van der Waals surface area contributed by atoms with E-state index in [0.717, 1.165) is 17.8 Å². The molecule has 26 heavy (non-hydrogen) atoms. The maximum absolute atomic E-state index is 12.8. The number of rotatable bonds is 4. The van der Waals surface area contributed by atoms with Crippen molar-refractivity contribution in [1.82, 2.24) is 19.6 Å². The summed E-state index contributed by atoms with van der Waals surface area (Å²) in [5.41, 5.74) is 5.95. The number of carbonyl (C=O) groups excluding carboxylic acids is 1. The molecule has 1 aromatic heterocycles. The Morgan fingerprint density at radius 2 is 1.81 bits per heavy atom. The first kappa shape index (κ1) is 17.3. The lowest BCUT2D eigenvalue weighted by Gasteiger charge is -2.26. The highest BCUT2D eigenvalue weighted by Gasteiger charge is 2.30. The van der Waals surface area contributed by atoms with Crippen LogP contribution in [0.2, 0.25) is 0 Å². The summed E-state index contributed by atoms with van der Waals surface area (Å²) < 4.78 is 1.98. The van der Waals surface area contributed by atoms with E-state index in [-0.39, 0.29) is 5.91 Å². The molecule has 3 heterocycles.